The van der Waals surface area contributed by atoms with Gasteiger partial charge in [0.2, 0.25) is 6.29 Å². The van der Waals surface area contributed by atoms with Gasteiger partial charge in [-0.1, -0.05) is 32.0 Å². The Morgan fingerprint density at radius 1 is 1.25 bits per heavy atom. The lowest BCUT2D eigenvalue weighted by Crippen LogP contribution is -2.24. The van der Waals surface area contributed by atoms with E-state index < -0.39 is 0 Å². The Morgan fingerprint density at radius 3 is 2.62 bits per heavy atom. The topological polar surface area (TPSA) is 20.3 Å². The number of carbonyl (C=O) groups excluding carboxylic acids is 1. The number of hydrogen-bond donors (Lipinski definition) is 0. The van der Waals surface area contributed by atoms with E-state index in [4.69, 9.17) is 0 Å². The molecule has 0 aliphatic heterocycles. The molecule has 1 aromatic carbocycles. The maximum atomic E-state index is 10.5. The van der Waals surface area contributed by atoms with Gasteiger partial charge in [-0.3, -0.25) is 4.79 Å². The largest absolute Gasteiger partial charge is 0.304 e. The van der Waals surface area contributed by atoms with E-state index in [0.717, 1.165) is 32.5 Å². The zero-order chi connectivity index (χ0) is 11.8. The lowest BCUT2D eigenvalue weighted by atomic mass is 10.1. The van der Waals surface area contributed by atoms with Crippen molar-refractivity contribution < 1.29 is 4.79 Å². The summed E-state index contributed by atoms with van der Waals surface area (Å²) in [4.78, 5) is 12.9. The van der Waals surface area contributed by atoms with Crippen LogP contribution in [-0.4, -0.2) is 30.8 Å². The molecule has 0 fully saturated rings. The van der Waals surface area contributed by atoms with Crippen LogP contribution in [0.4, 0.5) is 0 Å². The Kier molecular flexibility index (Phi) is 5.79. The highest BCUT2D eigenvalue weighted by molar-refractivity contribution is 5.75. The van der Waals surface area contributed by atoms with Crippen molar-refractivity contribution in [2.75, 3.05) is 19.6 Å². The van der Waals surface area contributed by atoms with Crippen LogP contribution in [0.15, 0.2) is 24.3 Å². The molecule has 0 spiro atoms. The molecule has 0 aliphatic carbocycles. The molecule has 0 saturated heterocycles. The number of nitrogens with zero attached hydrogens (tertiary/aromatic N) is 1. The molecule has 1 radical (unpaired) electrons. The third-order valence-electron chi connectivity index (χ3n) is 2.88. The van der Waals surface area contributed by atoms with Crippen LogP contribution in [-0.2, 0) is 11.2 Å². The molecule has 0 unspecified atom stereocenters. The molecule has 87 valence electrons. The molecule has 0 aromatic heterocycles. The number of rotatable bonds is 7. The number of aryl methyl sites for hydroxylation is 1. The Morgan fingerprint density at radius 2 is 2.00 bits per heavy atom. The minimum atomic E-state index is 0.653. The van der Waals surface area contributed by atoms with Crippen LogP contribution >= 0.6 is 0 Å². The molecule has 0 saturated carbocycles. The second kappa shape index (κ2) is 7.18. The van der Waals surface area contributed by atoms with Crippen LogP contribution in [0.2, 0.25) is 0 Å². The monoisotopic (exact) mass is 218 g/mol. The summed E-state index contributed by atoms with van der Waals surface area (Å²) in [5, 5.41) is 0. The highest BCUT2D eigenvalue weighted by Crippen LogP contribution is 2.06. The van der Waals surface area contributed by atoms with E-state index in [1.54, 1.807) is 6.07 Å². The van der Waals surface area contributed by atoms with Crippen molar-refractivity contribution in [2.24, 2.45) is 0 Å². The van der Waals surface area contributed by atoms with Crippen molar-refractivity contribution in [1.82, 2.24) is 4.90 Å². The van der Waals surface area contributed by atoms with E-state index in [9.17, 15) is 4.79 Å². The van der Waals surface area contributed by atoms with Gasteiger partial charge in [0.1, 0.15) is 0 Å². The van der Waals surface area contributed by atoms with Gasteiger partial charge in [-0.05, 0) is 44.1 Å². The van der Waals surface area contributed by atoms with E-state index in [-0.39, 0.29) is 0 Å². The smallest absolute Gasteiger partial charge is 0.233 e. The second-order valence-electron chi connectivity index (χ2n) is 3.93. The molecule has 0 bridgehead atoms. The molecule has 0 N–H and O–H groups in total. The predicted octanol–water partition coefficient (Wildman–Crippen LogP) is 2.42. The molecule has 0 atom stereocenters. The zero-order valence-electron chi connectivity index (χ0n) is 10.2. The van der Waals surface area contributed by atoms with Crippen LogP contribution in [0.3, 0.4) is 0 Å². The van der Waals surface area contributed by atoms with Gasteiger partial charge in [-0.15, -0.1) is 0 Å². The summed E-state index contributed by atoms with van der Waals surface area (Å²) < 4.78 is 0. The van der Waals surface area contributed by atoms with Crippen LogP contribution < -0.4 is 0 Å². The predicted molar refractivity (Wildman–Crippen MR) is 67.3 cm³/mol. The molecule has 1 aromatic rings. The van der Waals surface area contributed by atoms with Gasteiger partial charge in [0.15, 0.2) is 0 Å². The molecule has 0 heterocycles. The quantitative estimate of drug-likeness (QED) is 0.700. The van der Waals surface area contributed by atoms with Crippen LogP contribution in [0.1, 0.15) is 31.4 Å². The first-order chi connectivity index (χ1) is 7.80. The summed E-state index contributed by atoms with van der Waals surface area (Å²) in [6, 6.07) is 7.71. The fraction of sp³-hybridized carbons (Fsp3) is 0.500. The highest BCUT2D eigenvalue weighted by atomic mass is 16.1. The summed E-state index contributed by atoms with van der Waals surface area (Å²) in [5.74, 6) is 0. The van der Waals surface area contributed by atoms with Gasteiger partial charge in [-0.25, -0.2) is 0 Å². The van der Waals surface area contributed by atoms with Gasteiger partial charge < -0.3 is 4.90 Å². The Bertz CT molecular complexity index is 318. The van der Waals surface area contributed by atoms with Crippen molar-refractivity contribution in [1.29, 1.82) is 0 Å². The molecular weight excluding hydrogens is 198 g/mol. The van der Waals surface area contributed by atoms with Crippen LogP contribution in [0.25, 0.3) is 0 Å². The number of benzene rings is 1. The fourth-order valence-electron chi connectivity index (χ4n) is 1.84. The number of hydrogen-bond acceptors (Lipinski definition) is 2. The van der Waals surface area contributed by atoms with Crippen molar-refractivity contribution >= 4 is 6.29 Å². The minimum absolute atomic E-state index is 0.653. The molecule has 1 rings (SSSR count). The van der Waals surface area contributed by atoms with E-state index in [1.807, 2.05) is 18.4 Å². The third-order valence-corrected chi connectivity index (χ3v) is 2.88. The van der Waals surface area contributed by atoms with E-state index >= 15 is 0 Å². The highest BCUT2D eigenvalue weighted by Gasteiger charge is 2.00. The minimum Gasteiger partial charge on any atom is -0.304 e. The van der Waals surface area contributed by atoms with Crippen molar-refractivity contribution in [3.63, 3.8) is 0 Å². The summed E-state index contributed by atoms with van der Waals surface area (Å²) >= 11 is 0. The van der Waals surface area contributed by atoms with Gasteiger partial charge in [0.05, 0.1) is 0 Å². The van der Waals surface area contributed by atoms with Crippen molar-refractivity contribution in [3.05, 3.63) is 35.4 Å². The summed E-state index contributed by atoms with van der Waals surface area (Å²) in [6.45, 7) is 7.72. The van der Waals surface area contributed by atoms with E-state index in [2.05, 4.69) is 24.8 Å². The Labute approximate surface area is 98.3 Å². The molecule has 0 aliphatic rings. The standard InChI is InChI=1S/C14H20NO/c1-3-15(4-2)10-6-9-13-7-5-8-14(11-13)12-16/h5,7-8,11H,3-4,6,9-10H2,1-2H3. The SMILES string of the molecule is CCN(CC)CCCc1cccc([C]=O)c1. The normalized spacial score (nSPS) is 10.7. The average molecular weight is 218 g/mol. The molecule has 2 heteroatoms. The first-order valence-corrected chi connectivity index (χ1v) is 5.99. The molecular formula is C14H20NO. The van der Waals surface area contributed by atoms with Crippen molar-refractivity contribution in [2.45, 2.75) is 26.7 Å². The first kappa shape index (κ1) is 12.9. The fourth-order valence-corrected chi connectivity index (χ4v) is 1.84. The summed E-state index contributed by atoms with van der Waals surface area (Å²) in [5.41, 5.74) is 1.88. The lowest BCUT2D eigenvalue weighted by Gasteiger charge is -2.17. The van der Waals surface area contributed by atoms with Crippen molar-refractivity contribution in [3.8, 4) is 0 Å². The summed E-state index contributed by atoms with van der Waals surface area (Å²) in [6.07, 6.45) is 4.11. The maximum Gasteiger partial charge on any atom is 0.233 e. The first-order valence-electron chi connectivity index (χ1n) is 5.99. The Hall–Kier alpha value is -1.15. The van der Waals surface area contributed by atoms with Crippen LogP contribution in [0.5, 0.6) is 0 Å². The Balaban J connectivity index is 2.39. The van der Waals surface area contributed by atoms with E-state index in [1.165, 1.54) is 5.56 Å². The van der Waals surface area contributed by atoms with Gasteiger partial charge in [-0.2, -0.15) is 0 Å². The third kappa shape index (κ3) is 4.15. The molecule has 16 heavy (non-hydrogen) atoms. The van der Waals surface area contributed by atoms with Gasteiger partial charge >= 0.3 is 0 Å². The summed E-state index contributed by atoms with van der Waals surface area (Å²) in [7, 11) is 0. The molecule has 0 amide bonds. The van der Waals surface area contributed by atoms with Gasteiger partial charge in [0, 0.05) is 5.56 Å². The molecule has 2 nitrogen and oxygen atoms in total. The van der Waals surface area contributed by atoms with E-state index in [0.29, 0.717) is 5.56 Å². The second-order valence-corrected chi connectivity index (χ2v) is 3.93. The zero-order valence-corrected chi connectivity index (χ0v) is 10.2. The van der Waals surface area contributed by atoms with Crippen LogP contribution in [0, 0.1) is 0 Å². The maximum absolute atomic E-state index is 10.5. The lowest BCUT2D eigenvalue weighted by molar-refractivity contribution is 0.300. The average Bonchev–Trinajstić information content (AvgIpc) is 2.35. The van der Waals surface area contributed by atoms with Gasteiger partial charge in [0.25, 0.3) is 0 Å².